The van der Waals surface area contributed by atoms with Crippen molar-refractivity contribution in [2.75, 3.05) is 6.61 Å². The highest BCUT2D eigenvalue weighted by atomic mass is 127. The topological polar surface area (TPSA) is 105 Å². The molecule has 1 aromatic heterocycles. The molecule has 2 rings (SSSR count). The van der Waals surface area contributed by atoms with E-state index in [-0.39, 0.29) is 18.6 Å². The summed E-state index contributed by atoms with van der Waals surface area (Å²) in [7, 11) is 1.22. The highest BCUT2D eigenvalue weighted by molar-refractivity contribution is 14.2. The molecule has 1 aliphatic heterocycles. The van der Waals surface area contributed by atoms with Crippen LogP contribution >= 0.6 is 30.1 Å². The van der Waals surface area contributed by atoms with Crippen molar-refractivity contribution in [1.29, 1.82) is 0 Å². The minimum absolute atomic E-state index is 0.138. The summed E-state index contributed by atoms with van der Waals surface area (Å²) in [6.07, 6.45) is -0.871. The molecule has 0 amide bonds. The maximum atomic E-state index is 11.8. The van der Waals surface area contributed by atoms with Crippen LogP contribution in [0.2, 0.25) is 0 Å². The highest BCUT2D eigenvalue weighted by Gasteiger charge is 2.35. The van der Waals surface area contributed by atoms with Gasteiger partial charge < -0.3 is 14.9 Å². The number of aliphatic hydroxyl groups excluding tert-OH is 2. The normalized spacial score (nSPS) is 25.2. The van der Waals surface area contributed by atoms with E-state index in [0.29, 0.717) is 0 Å². The zero-order valence-corrected chi connectivity index (χ0v) is 13.1. The van der Waals surface area contributed by atoms with Crippen molar-refractivity contribution < 1.29 is 14.9 Å². The van der Waals surface area contributed by atoms with E-state index in [2.05, 4.69) is 16.2 Å². The predicted octanol–water partition coefficient (Wildman–Crippen LogP) is -0.430. The number of aliphatic hydroxyl groups is 2. The van der Waals surface area contributed by atoms with Crippen LogP contribution in [-0.4, -0.2) is 38.6 Å². The summed E-state index contributed by atoms with van der Waals surface area (Å²) in [4.78, 5) is 25.5. The second kappa shape index (κ2) is 6.77. The largest absolute Gasteiger partial charge is 0.394 e. The Bertz CT molecular complexity index is 661. The lowest BCUT2D eigenvalue weighted by molar-refractivity contribution is -0.0459. The number of aromatic amines is 1. The van der Waals surface area contributed by atoms with Crippen LogP contribution in [0.25, 0.3) is 0 Å². The van der Waals surface area contributed by atoms with Crippen LogP contribution in [0.15, 0.2) is 15.8 Å². The summed E-state index contributed by atoms with van der Waals surface area (Å²) in [5.41, 5.74) is -1.07. The van der Waals surface area contributed by atoms with E-state index in [0.717, 1.165) is 0 Å². The Morgan fingerprint density at radius 2 is 2.35 bits per heavy atom. The van der Waals surface area contributed by atoms with Gasteiger partial charge in [0.15, 0.2) is 0 Å². The van der Waals surface area contributed by atoms with E-state index in [1.807, 2.05) is 21.2 Å². The first-order valence-corrected chi connectivity index (χ1v) is 9.01. The zero-order valence-electron chi connectivity index (χ0n) is 10.1. The number of aromatic nitrogens is 2. The number of nitrogens with zero attached hydrogens (tertiary/aromatic N) is 1. The van der Waals surface area contributed by atoms with E-state index < -0.39 is 29.7 Å². The number of halogens is 1. The Hall–Kier alpha value is -0.800. The van der Waals surface area contributed by atoms with E-state index >= 15 is 0 Å². The Morgan fingerprint density at radius 1 is 1.60 bits per heavy atom. The average Bonchev–Trinajstić information content (AvgIpc) is 2.79. The molecule has 0 saturated carbocycles. The van der Waals surface area contributed by atoms with Crippen LogP contribution in [0, 0.1) is 11.2 Å². The lowest BCUT2D eigenvalue weighted by Gasteiger charge is -2.14. The van der Waals surface area contributed by atoms with Crippen LogP contribution in [0.5, 0.6) is 0 Å². The SMILES string of the molecule is O=c1[nH]c(=O)n(C2CC(O)C(CO)O2)cc1C#CSI. The Labute approximate surface area is 129 Å². The van der Waals surface area contributed by atoms with Crippen LogP contribution in [0.1, 0.15) is 18.2 Å². The van der Waals surface area contributed by atoms with E-state index in [1.165, 1.54) is 19.7 Å². The number of rotatable bonds is 2. The van der Waals surface area contributed by atoms with Crippen molar-refractivity contribution in [2.24, 2.45) is 0 Å². The summed E-state index contributed by atoms with van der Waals surface area (Å²) < 4.78 is 6.54. The van der Waals surface area contributed by atoms with Gasteiger partial charge in [-0.2, -0.15) is 0 Å². The van der Waals surface area contributed by atoms with Gasteiger partial charge in [-0.05, 0) is 20.1 Å². The molecule has 0 spiro atoms. The van der Waals surface area contributed by atoms with Gasteiger partial charge >= 0.3 is 5.69 Å². The molecule has 108 valence electrons. The number of hydrogen-bond acceptors (Lipinski definition) is 6. The summed E-state index contributed by atoms with van der Waals surface area (Å²) in [5, 5.41) is 21.4. The molecule has 9 heteroatoms. The zero-order chi connectivity index (χ0) is 14.7. The first kappa shape index (κ1) is 15.6. The quantitative estimate of drug-likeness (QED) is 0.452. The molecule has 7 nitrogen and oxygen atoms in total. The molecule has 3 unspecified atom stereocenters. The van der Waals surface area contributed by atoms with Gasteiger partial charge in [0.25, 0.3) is 5.56 Å². The van der Waals surface area contributed by atoms with Gasteiger partial charge in [-0.3, -0.25) is 14.3 Å². The fourth-order valence-electron chi connectivity index (χ4n) is 1.91. The number of H-pyrrole nitrogens is 1. The molecule has 2 heterocycles. The number of hydrogen-bond donors (Lipinski definition) is 3. The number of ether oxygens (including phenoxy) is 1. The van der Waals surface area contributed by atoms with Crippen molar-refractivity contribution in [3.05, 3.63) is 32.6 Å². The van der Waals surface area contributed by atoms with Gasteiger partial charge in [-0.1, -0.05) is 0 Å². The third-order valence-electron chi connectivity index (χ3n) is 2.89. The lowest BCUT2D eigenvalue weighted by Crippen LogP contribution is -2.33. The van der Waals surface area contributed by atoms with Crippen molar-refractivity contribution in [3.63, 3.8) is 0 Å². The standard InChI is InChI=1S/C11H11IN2O5S/c12-20-2-1-6-4-14(11(18)13-10(6)17)9-3-7(16)8(5-15)19-9/h4,7-9,15-16H,3,5H2,(H,13,17,18). The Morgan fingerprint density at radius 3 is 2.95 bits per heavy atom. The van der Waals surface area contributed by atoms with Crippen LogP contribution in [-0.2, 0) is 4.74 Å². The molecule has 0 bridgehead atoms. The molecule has 20 heavy (non-hydrogen) atoms. The fraction of sp³-hybridized carbons (Fsp3) is 0.455. The molecule has 0 aromatic carbocycles. The van der Waals surface area contributed by atoms with Gasteiger partial charge in [0.1, 0.15) is 17.9 Å². The molecule has 3 N–H and O–H groups in total. The summed E-state index contributed by atoms with van der Waals surface area (Å²) in [6.45, 7) is -0.339. The van der Waals surface area contributed by atoms with Crippen LogP contribution in [0.4, 0.5) is 0 Å². The number of nitrogens with one attached hydrogen (secondary N) is 1. The smallest absolute Gasteiger partial charge is 0.330 e. The van der Waals surface area contributed by atoms with Crippen LogP contribution in [0.3, 0.4) is 0 Å². The predicted molar refractivity (Wildman–Crippen MR) is 81.4 cm³/mol. The third kappa shape index (κ3) is 3.26. The Balaban J connectivity index is 2.38. The first-order valence-electron chi connectivity index (χ1n) is 5.65. The van der Waals surface area contributed by atoms with Crippen molar-refractivity contribution in [3.8, 4) is 11.2 Å². The van der Waals surface area contributed by atoms with Gasteiger partial charge in [0.05, 0.1) is 12.7 Å². The molecule has 0 radical (unpaired) electrons. The molecule has 1 aliphatic rings. The molecular formula is C11H11IN2O5S. The maximum Gasteiger partial charge on any atom is 0.330 e. The molecule has 1 saturated heterocycles. The maximum absolute atomic E-state index is 11.8. The first-order chi connectivity index (χ1) is 9.56. The van der Waals surface area contributed by atoms with Crippen LogP contribution < -0.4 is 11.2 Å². The second-order valence-corrected chi connectivity index (χ2v) is 5.81. The minimum Gasteiger partial charge on any atom is -0.394 e. The van der Waals surface area contributed by atoms with Crippen molar-refractivity contribution in [1.82, 2.24) is 9.55 Å². The summed E-state index contributed by atoms with van der Waals surface area (Å²) in [6, 6.07) is 0. The van der Waals surface area contributed by atoms with E-state index in [1.54, 1.807) is 0 Å². The van der Waals surface area contributed by atoms with Crippen molar-refractivity contribution in [2.45, 2.75) is 24.9 Å². The summed E-state index contributed by atoms with van der Waals surface area (Å²) >= 11 is 1.97. The lowest BCUT2D eigenvalue weighted by atomic mass is 10.2. The molecular weight excluding hydrogens is 399 g/mol. The highest BCUT2D eigenvalue weighted by Crippen LogP contribution is 2.27. The fourth-order valence-corrected chi connectivity index (χ4v) is 2.39. The van der Waals surface area contributed by atoms with Gasteiger partial charge in [0.2, 0.25) is 0 Å². The average molecular weight is 410 g/mol. The second-order valence-electron chi connectivity index (χ2n) is 4.13. The molecule has 1 aromatic rings. The van der Waals surface area contributed by atoms with Gasteiger partial charge in [0, 0.05) is 33.8 Å². The van der Waals surface area contributed by atoms with Crippen molar-refractivity contribution >= 4 is 30.1 Å². The van der Waals surface area contributed by atoms with E-state index in [9.17, 15) is 14.7 Å². The Kier molecular flexibility index (Phi) is 5.28. The molecule has 3 atom stereocenters. The molecule has 0 aliphatic carbocycles. The van der Waals surface area contributed by atoms with Gasteiger partial charge in [-0.25, -0.2) is 4.79 Å². The summed E-state index contributed by atoms with van der Waals surface area (Å²) in [5.74, 6) is 2.62. The molecule has 1 fully saturated rings. The minimum atomic E-state index is -0.858. The monoisotopic (exact) mass is 410 g/mol. The van der Waals surface area contributed by atoms with E-state index in [4.69, 9.17) is 9.84 Å². The third-order valence-corrected chi connectivity index (χ3v) is 3.73. The van der Waals surface area contributed by atoms with Gasteiger partial charge in [-0.15, -0.1) is 0 Å².